The van der Waals surface area contributed by atoms with Crippen LogP contribution < -0.4 is 10.6 Å². The van der Waals surface area contributed by atoms with Gasteiger partial charge in [-0.15, -0.1) is 11.3 Å². The third-order valence-corrected chi connectivity index (χ3v) is 4.47. The van der Waals surface area contributed by atoms with Gasteiger partial charge in [-0.1, -0.05) is 11.6 Å². The minimum Gasteiger partial charge on any atom is -0.398 e. The lowest BCUT2D eigenvalue weighted by atomic mass is 10.1. The van der Waals surface area contributed by atoms with Crippen LogP contribution in [0.15, 0.2) is 36.5 Å². The van der Waals surface area contributed by atoms with Gasteiger partial charge in [0.1, 0.15) is 0 Å². The minimum atomic E-state index is -0.371. The number of nitrogens with zero attached hydrogens (tertiary/aromatic N) is 2. The topological polar surface area (TPSA) is 42.1 Å². The molecule has 0 atom stereocenters. The molecule has 2 N–H and O–H groups in total. The summed E-state index contributed by atoms with van der Waals surface area (Å²) in [7, 11) is 1.83. The van der Waals surface area contributed by atoms with Crippen LogP contribution in [0.1, 0.15) is 4.88 Å². The van der Waals surface area contributed by atoms with Crippen molar-refractivity contribution >= 4 is 45.2 Å². The Hall–Kier alpha value is -1.85. The van der Waals surface area contributed by atoms with Gasteiger partial charge in [0, 0.05) is 29.2 Å². The van der Waals surface area contributed by atoms with E-state index in [-0.39, 0.29) is 5.82 Å². The molecule has 0 saturated carbocycles. The predicted octanol–water partition coefficient (Wildman–Crippen LogP) is 4.31. The Kier molecular flexibility index (Phi) is 3.69. The molecule has 0 radical (unpaired) electrons. The van der Waals surface area contributed by atoms with Crippen LogP contribution in [0.25, 0.3) is 10.9 Å². The number of rotatable bonds is 3. The molecule has 21 heavy (non-hydrogen) atoms. The van der Waals surface area contributed by atoms with Crippen molar-refractivity contribution in [3.8, 4) is 0 Å². The Labute approximate surface area is 130 Å². The van der Waals surface area contributed by atoms with Crippen molar-refractivity contribution in [1.29, 1.82) is 0 Å². The van der Waals surface area contributed by atoms with Crippen LogP contribution in [-0.4, -0.2) is 12.0 Å². The number of hydrogen-bond acceptors (Lipinski definition) is 4. The second-order valence-corrected chi connectivity index (χ2v) is 6.56. The van der Waals surface area contributed by atoms with Gasteiger partial charge in [-0.2, -0.15) is 0 Å². The fourth-order valence-electron chi connectivity index (χ4n) is 2.34. The Balaban J connectivity index is 2.06. The molecule has 3 aromatic rings. The van der Waals surface area contributed by atoms with Crippen LogP contribution in [0.2, 0.25) is 4.34 Å². The molecule has 0 aliphatic rings. The summed E-state index contributed by atoms with van der Waals surface area (Å²) in [5.74, 6) is -0.371. The van der Waals surface area contributed by atoms with Gasteiger partial charge >= 0.3 is 0 Å². The zero-order chi connectivity index (χ0) is 15.0. The number of nitrogen functional groups attached to an aromatic ring is 1. The fourth-order valence-corrected chi connectivity index (χ4v) is 3.48. The van der Waals surface area contributed by atoms with Crippen molar-refractivity contribution in [3.05, 3.63) is 51.6 Å². The highest BCUT2D eigenvalue weighted by Crippen LogP contribution is 2.33. The first-order chi connectivity index (χ1) is 10.1. The van der Waals surface area contributed by atoms with Crippen LogP contribution in [0.3, 0.4) is 0 Å². The highest BCUT2D eigenvalue weighted by atomic mass is 35.5. The molecule has 6 heteroatoms. The maximum absolute atomic E-state index is 14.4. The van der Waals surface area contributed by atoms with Gasteiger partial charge in [0.25, 0.3) is 0 Å². The van der Waals surface area contributed by atoms with Gasteiger partial charge in [-0.25, -0.2) is 4.39 Å². The molecule has 2 heterocycles. The molecular weight excluding hydrogens is 309 g/mol. The largest absolute Gasteiger partial charge is 0.398 e. The molecule has 0 saturated heterocycles. The summed E-state index contributed by atoms with van der Waals surface area (Å²) in [6.07, 6.45) is 1.64. The van der Waals surface area contributed by atoms with Crippen LogP contribution in [0.4, 0.5) is 15.8 Å². The second kappa shape index (κ2) is 5.50. The van der Waals surface area contributed by atoms with Gasteiger partial charge in [-0.05, 0) is 30.3 Å². The molecule has 0 fully saturated rings. The van der Waals surface area contributed by atoms with Crippen molar-refractivity contribution in [2.24, 2.45) is 0 Å². The van der Waals surface area contributed by atoms with Crippen LogP contribution >= 0.6 is 22.9 Å². The average molecular weight is 322 g/mol. The maximum Gasteiger partial charge on any atom is 0.150 e. The van der Waals surface area contributed by atoms with Gasteiger partial charge in [0.05, 0.1) is 22.1 Å². The molecule has 3 rings (SSSR count). The van der Waals surface area contributed by atoms with E-state index in [0.717, 1.165) is 14.6 Å². The number of pyridine rings is 1. The molecule has 0 spiro atoms. The molecule has 0 unspecified atom stereocenters. The first-order valence-electron chi connectivity index (χ1n) is 6.34. The molecule has 108 valence electrons. The number of hydrogen-bond donors (Lipinski definition) is 1. The van der Waals surface area contributed by atoms with Gasteiger partial charge in [0.15, 0.2) is 5.82 Å². The van der Waals surface area contributed by atoms with Crippen LogP contribution in [-0.2, 0) is 6.54 Å². The van der Waals surface area contributed by atoms with E-state index in [9.17, 15) is 4.39 Å². The third-order valence-electron chi connectivity index (χ3n) is 3.26. The van der Waals surface area contributed by atoms with E-state index in [1.165, 1.54) is 17.4 Å². The van der Waals surface area contributed by atoms with E-state index in [1.807, 2.05) is 30.1 Å². The maximum atomic E-state index is 14.4. The Morgan fingerprint density at radius 1 is 1.38 bits per heavy atom. The average Bonchev–Trinajstić information content (AvgIpc) is 2.84. The quantitative estimate of drug-likeness (QED) is 0.731. The zero-order valence-corrected chi connectivity index (χ0v) is 12.9. The summed E-state index contributed by atoms with van der Waals surface area (Å²) in [5.41, 5.74) is 7.28. The number of thiophene rings is 1. The van der Waals surface area contributed by atoms with Crippen molar-refractivity contribution in [2.75, 3.05) is 17.7 Å². The van der Waals surface area contributed by atoms with Crippen molar-refractivity contribution in [3.63, 3.8) is 0 Å². The fraction of sp³-hybridized carbons (Fsp3) is 0.133. The lowest BCUT2D eigenvalue weighted by molar-refractivity contribution is 0.625. The van der Waals surface area contributed by atoms with Crippen molar-refractivity contribution in [1.82, 2.24) is 4.98 Å². The normalized spacial score (nSPS) is 11.0. The van der Waals surface area contributed by atoms with E-state index in [1.54, 1.807) is 12.3 Å². The molecule has 0 amide bonds. The number of fused-ring (bicyclic) bond motifs is 1. The number of aromatic nitrogens is 1. The molecule has 1 aromatic carbocycles. The van der Waals surface area contributed by atoms with Gasteiger partial charge < -0.3 is 10.6 Å². The molecule has 0 aliphatic carbocycles. The summed E-state index contributed by atoms with van der Waals surface area (Å²) in [6, 6.07) is 8.76. The number of anilines is 2. The standard InChI is InChI=1S/C15H13ClFN3S/c1-20(8-9-4-5-13(16)21-9)15-11(17)7-12(18)10-3-2-6-19-14(10)15/h2-7H,8,18H2,1H3. The highest BCUT2D eigenvalue weighted by molar-refractivity contribution is 7.16. The highest BCUT2D eigenvalue weighted by Gasteiger charge is 2.16. The smallest absolute Gasteiger partial charge is 0.150 e. The first-order valence-corrected chi connectivity index (χ1v) is 7.54. The molecule has 3 nitrogen and oxygen atoms in total. The van der Waals surface area contributed by atoms with Gasteiger partial charge in [-0.3, -0.25) is 4.98 Å². The van der Waals surface area contributed by atoms with E-state index < -0.39 is 0 Å². The SMILES string of the molecule is CN(Cc1ccc(Cl)s1)c1c(F)cc(N)c2cccnc12. The summed E-state index contributed by atoms with van der Waals surface area (Å²) in [6.45, 7) is 0.559. The Bertz CT molecular complexity index is 803. The Morgan fingerprint density at radius 3 is 2.90 bits per heavy atom. The molecule has 0 bridgehead atoms. The van der Waals surface area contributed by atoms with Crippen molar-refractivity contribution in [2.45, 2.75) is 6.54 Å². The third kappa shape index (κ3) is 2.66. The lowest BCUT2D eigenvalue weighted by Crippen LogP contribution is -2.18. The summed E-state index contributed by atoms with van der Waals surface area (Å²) < 4.78 is 15.1. The molecule has 2 aromatic heterocycles. The molecular formula is C15H13ClFN3S. The first kappa shape index (κ1) is 14.1. The predicted molar refractivity (Wildman–Crippen MR) is 87.5 cm³/mol. The van der Waals surface area contributed by atoms with E-state index >= 15 is 0 Å². The second-order valence-electron chi connectivity index (χ2n) is 4.76. The van der Waals surface area contributed by atoms with Crippen LogP contribution in [0.5, 0.6) is 0 Å². The summed E-state index contributed by atoms with van der Waals surface area (Å²) in [5, 5.41) is 0.755. The Morgan fingerprint density at radius 2 is 2.19 bits per heavy atom. The van der Waals surface area contributed by atoms with Crippen molar-refractivity contribution < 1.29 is 4.39 Å². The monoisotopic (exact) mass is 321 g/mol. The van der Waals surface area contributed by atoms with E-state index in [2.05, 4.69) is 4.98 Å². The van der Waals surface area contributed by atoms with E-state index in [4.69, 9.17) is 17.3 Å². The van der Waals surface area contributed by atoms with Crippen LogP contribution in [0, 0.1) is 5.82 Å². The summed E-state index contributed by atoms with van der Waals surface area (Å²) >= 11 is 7.42. The van der Waals surface area contributed by atoms with Gasteiger partial charge in [0.2, 0.25) is 0 Å². The number of benzene rings is 1. The minimum absolute atomic E-state index is 0.371. The summed E-state index contributed by atoms with van der Waals surface area (Å²) in [4.78, 5) is 7.17. The molecule has 0 aliphatic heterocycles. The van der Waals surface area contributed by atoms with E-state index in [0.29, 0.717) is 23.4 Å². The number of nitrogens with two attached hydrogens (primary N) is 1. The lowest BCUT2D eigenvalue weighted by Gasteiger charge is -2.21. The zero-order valence-electron chi connectivity index (χ0n) is 11.3. The number of halogens is 2.